The van der Waals surface area contributed by atoms with Crippen LogP contribution in [0.4, 0.5) is 10.2 Å². The van der Waals surface area contributed by atoms with Gasteiger partial charge < -0.3 is 5.32 Å². The number of anilines is 1. The molecule has 3 nitrogen and oxygen atoms in total. The van der Waals surface area contributed by atoms with Crippen molar-refractivity contribution in [1.82, 2.24) is 9.97 Å². The summed E-state index contributed by atoms with van der Waals surface area (Å²) in [5.74, 6) is 0.802. The maximum absolute atomic E-state index is 12.8. The lowest BCUT2D eigenvalue weighted by atomic mass is 10.00. The number of halogens is 1. The van der Waals surface area contributed by atoms with Crippen LogP contribution in [0.3, 0.4) is 0 Å². The molecule has 0 aromatic carbocycles. The molecule has 1 aliphatic rings. The number of aromatic nitrogens is 2. The Morgan fingerprint density at radius 3 is 2.80 bits per heavy atom. The Morgan fingerprint density at radius 2 is 2.13 bits per heavy atom. The molecule has 1 heterocycles. The zero-order valence-corrected chi connectivity index (χ0v) is 8.91. The van der Waals surface area contributed by atoms with Crippen LogP contribution in [0.1, 0.15) is 32.6 Å². The molecule has 4 heteroatoms. The Balaban J connectivity index is 1.95. The molecule has 1 aromatic rings. The van der Waals surface area contributed by atoms with Crippen LogP contribution in [0, 0.1) is 11.9 Å². The summed E-state index contributed by atoms with van der Waals surface area (Å²) < 4.78 is 12.8. The number of rotatable bonds is 3. The van der Waals surface area contributed by atoms with Crippen LogP contribution in [0.5, 0.6) is 0 Å². The van der Waals surface area contributed by atoms with E-state index in [9.17, 15) is 4.39 Å². The average Bonchev–Trinajstić information content (AvgIpc) is 2.70. The fourth-order valence-corrected chi connectivity index (χ4v) is 2.22. The van der Waals surface area contributed by atoms with E-state index in [0.29, 0.717) is 17.8 Å². The minimum atomic E-state index is -0.480. The number of hydrogen-bond acceptors (Lipinski definition) is 3. The van der Waals surface area contributed by atoms with E-state index in [1.54, 1.807) is 0 Å². The zero-order valence-electron chi connectivity index (χ0n) is 8.91. The van der Waals surface area contributed by atoms with Gasteiger partial charge in [-0.05, 0) is 25.7 Å². The topological polar surface area (TPSA) is 37.8 Å². The highest BCUT2D eigenvalue weighted by Gasteiger charge is 2.21. The Labute approximate surface area is 89.1 Å². The fraction of sp³-hybridized carbons (Fsp3) is 0.636. The van der Waals surface area contributed by atoms with Crippen molar-refractivity contribution in [3.05, 3.63) is 18.3 Å². The van der Waals surface area contributed by atoms with Gasteiger partial charge in [0.15, 0.2) is 0 Å². The maximum Gasteiger partial charge on any atom is 0.217 e. The summed E-state index contributed by atoms with van der Waals surface area (Å²) in [4.78, 5) is 7.42. The third-order valence-corrected chi connectivity index (χ3v) is 3.12. The minimum absolute atomic E-state index is 0.363. The van der Waals surface area contributed by atoms with Gasteiger partial charge in [-0.25, -0.2) is 9.97 Å². The Morgan fingerprint density at radius 1 is 1.40 bits per heavy atom. The van der Waals surface area contributed by atoms with Crippen LogP contribution >= 0.6 is 0 Å². The molecule has 0 aliphatic heterocycles. The quantitative estimate of drug-likeness (QED) is 0.777. The van der Waals surface area contributed by atoms with Gasteiger partial charge in [-0.15, -0.1) is 0 Å². The summed E-state index contributed by atoms with van der Waals surface area (Å²) >= 11 is 0. The molecule has 0 bridgehead atoms. The predicted molar refractivity (Wildman–Crippen MR) is 57.0 cm³/mol. The van der Waals surface area contributed by atoms with Crippen molar-refractivity contribution in [1.29, 1.82) is 0 Å². The van der Waals surface area contributed by atoms with Gasteiger partial charge in [0.25, 0.3) is 0 Å². The van der Waals surface area contributed by atoms with Gasteiger partial charge >= 0.3 is 0 Å². The second kappa shape index (κ2) is 4.55. The highest BCUT2D eigenvalue weighted by atomic mass is 19.1. The standard InChI is InChI=1S/C11H16FN3/c1-8(9-4-2-3-5-9)15-11-6-10(12)13-7-14-11/h6-9H,2-5H2,1H3,(H,13,14,15). The van der Waals surface area contributed by atoms with Crippen LogP contribution in [0.25, 0.3) is 0 Å². The van der Waals surface area contributed by atoms with Gasteiger partial charge in [0.2, 0.25) is 5.95 Å². The summed E-state index contributed by atoms with van der Waals surface area (Å²) in [5.41, 5.74) is 0. The molecule has 2 rings (SSSR count). The molecule has 1 aromatic heterocycles. The summed E-state index contributed by atoms with van der Waals surface area (Å²) in [6.45, 7) is 2.13. The van der Waals surface area contributed by atoms with Gasteiger partial charge in [-0.2, -0.15) is 4.39 Å². The highest BCUT2D eigenvalue weighted by molar-refractivity contribution is 5.33. The van der Waals surface area contributed by atoms with E-state index in [1.165, 1.54) is 38.1 Å². The monoisotopic (exact) mass is 209 g/mol. The molecule has 1 fully saturated rings. The molecule has 1 N–H and O–H groups in total. The lowest BCUT2D eigenvalue weighted by Crippen LogP contribution is -2.24. The van der Waals surface area contributed by atoms with Crippen LogP contribution in [-0.4, -0.2) is 16.0 Å². The molecule has 1 saturated carbocycles. The van der Waals surface area contributed by atoms with Crippen LogP contribution in [-0.2, 0) is 0 Å². The van der Waals surface area contributed by atoms with Crippen molar-refractivity contribution in [3.8, 4) is 0 Å². The minimum Gasteiger partial charge on any atom is -0.367 e. The SMILES string of the molecule is CC(Nc1cc(F)ncn1)C1CCCC1. The Hall–Kier alpha value is -1.19. The zero-order chi connectivity index (χ0) is 10.7. The van der Waals surface area contributed by atoms with Gasteiger partial charge in [0.05, 0.1) is 0 Å². The van der Waals surface area contributed by atoms with E-state index < -0.39 is 5.95 Å². The predicted octanol–water partition coefficient (Wildman–Crippen LogP) is 2.61. The van der Waals surface area contributed by atoms with Crippen LogP contribution in [0.15, 0.2) is 12.4 Å². The first-order valence-electron chi connectivity index (χ1n) is 5.50. The van der Waals surface area contributed by atoms with Gasteiger partial charge in [0.1, 0.15) is 12.1 Å². The molecule has 82 valence electrons. The molecule has 1 aliphatic carbocycles. The first-order valence-corrected chi connectivity index (χ1v) is 5.50. The van der Waals surface area contributed by atoms with Crippen molar-refractivity contribution in [3.63, 3.8) is 0 Å². The largest absolute Gasteiger partial charge is 0.367 e. The van der Waals surface area contributed by atoms with Gasteiger partial charge in [-0.3, -0.25) is 0 Å². The molecular formula is C11H16FN3. The molecule has 15 heavy (non-hydrogen) atoms. The summed E-state index contributed by atoms with van der Waals surface area (Å²) in [6, 6.07) is 1.70. The van der Waals surface area contributed by atoms with Gasteiger partial charge in [-0.1, -0.05) is 12.8 Å². The second-order valence-corrected chi connectivity index (χ2v) is 4.20. The van der Waals surface area contributed by atoms with Gasteiger partial charge in [0, 0.05) is 12.1 Å². The van der Waals surface area contributed by atoms with E-state index in [4.69, 9.17) is 0 Å². The molecule has 0 amide bonds. The number of nitrogens with one attached hydrogen (secondary N) is 1. The lowest BCUT2D eigenvalue weighted by Gasteiger charge is -2.20. The Bertz CT molecular complexity index is 323. The molecule has 0 saturated heterocycles. The second-order valence-electron chi connectivity index (χ2n) is 4.20. The number of hydrogen-bond donors (Lipinski definition) is 1. The van der Waals surface area contributed by atoms with Crippen molar-refractivity contribution < 1.29 is 4.39 Å². The fourth-order valence-electron chi connectivity index (χ4n) is 2.22. The third-order valence-electron chi connectivity index (χ3n) is 3.12. The van der Waals surface area contributed by atoms with Crippen LogP contribution in [0.2, 0.25) is 0 Å². The maximum atomic E-state index is 12.8. The van der Waals surface area contributed by atoms with E-state index in [1.807, 2.05) is 0 Å². The Kier molecular flexibility index (Phi) is 3.14. The van der Waals surface area contributed by atoms with Crippen molar-refractivity contribution in [2.24, 2.45) is 5.92 Å². The summed E-state index contributed by atoms with van der Waals surface area (Å²) in [5, 5.41) is 3.23. The average molecular weight is 209 g/mol. The third kappa shape index (κ3) is 2.64. The van der Waals surface area contributed by atoms with Crippen molar-refractivity contribution in [2.45, 2.75) is 38.6 Å². The van der Waals surface area contributed by atoms with E-state index in [-0.39, 0.29) is 0 Å². The molecule has 0 radical (unpaired) electrons. The van der Waals surface area contributed by atoms with Crippen molar-refractivity contribution in [2.75, 3.05) is 5.32 Å². The van der Waals surface area contributed by atoms with Crippen LogP contribution < -0.4 is 5.32 Å². The molecular weight excluding hydrogens is 193 g/mol. The smallest absolute Gasteiger partial charge is 0.217 e. The van der Waals surface area contributed by atoms with Crippen molar-refractivity contribution >= 4 is 5.82 Å². The lowest BCUT2D eigenvalue weighted by molar-refractivity contribution is 0.480. The normalized spacial score (nSPS) is 19.1. The summed E-state index contributed by atoms with van der Waals surface area (Å²) in [7, 11) is 0. The van der Waals surface area contributed by atoms with E-state index >= 15 is 0 Å². The summed E-state index contributed by atoms with van der Waals surface area (Å²) in [6.07, 6.45) is 6.41. The molecule has 1 unspecified atom stereocenters. The first kappa shape index (κ1) is 10.3. The first-order chi connectivity index (χ1) is 7.25. The number of nitrogens with zero attached hydrogens (tertiary/aromatic N) is 2. The molecule has 1 atom stereocenters. The van der Waals surface area contributed by atoms with E-state index in [0.717, 1.165) is 0 Å². The molecule has 0 spiro atoms. The van der Waals surface area contributed by atoms with E-state index in [2.05, 4.69) is 22.2 Å². The highest BCUT2D eigenvalue weighted by Crippen LogP contribution is 2.28.